The van der Waals surface area contributed by atoms with E-state index < -0.39 is 23.4 Å². The number of H-pyrrole nitrogens is 1. The molecule has 7 heteroatoms. The lowest BCUT2D eigenvalue weighted by Crippen LogP contribution is -2.30. The van der Waals surface area contributed by atoms with Crippen molar-refractivity contribution in [3.63, 3.8) is 0 Å². The van der Waals surface area contributed by atoms with Crippen LogP contribution in [0.5, 0.6) is 5.75 Å². The monoisotopic (exact) mass is 459 g/mol. The van der Waals surface area contributed by atoms with Gasteiger partial charge in [-0.2, -0.15) is 0 Å². The smallest absolute Gasteiger partial charge is 0.270 e. The third kappa shape index (κ3) is 5.24. The van der Waals surface area contributed by atoms with Crippen LogP contribution in [0.2, 0.25) is 0 Å². The zero-order valence-corrected chi connectivity index (χ0v) is 18.9. The van der Waals surface area contributed by atoms with Crippen LogP contribution in [0.25, 0.3) is 10.9 Å². The van der Waals surface area contributed by atoms with Crippen LogP contribution in [0.1, 0.15) is 52.9 Å². The Morgan fingerprint density at radius 3 is 2.65 bits per heavy atom. The van der Waals surface area contributed by atoms with E-state index in [2.05, 4.69) is 27.1 Å². The van der Waals surface area contributed by atoms with Crippen LogP contribution in [-0.2, 0) is 0 Å². The lowest BCUT2D eigenvalue weighted by molar-refractivity contribution is 0.0936. The third-order valence-electron chi connectivity index (χ3n) is 5.13. The molecule has 0 bridgehead atoms. The summed E-state index contributed by atoms with van der Waals surface area (Å²) in [5.74, 6) is 3.95. The van der Waals surface area contributed by atoms with Crippen LogP contribution < -0.4 is 5.32 Å². The van der Waals surface area contributed by atoms with Crippen molar-refractivity contribution in [3.8, 4) is 17.6 Å². The van der Waals surface area contributed by atoms with Crippen molar-refractivity contribution in [2.45, 2.75) is 32.5 Å². The molecule has 34 heavy (non-hydrogen) atoms. The first-order valence-corrected chi connectivity index (χ1v) is 10.7. The maximum absolute atomic E-state index is 14.1. The number of aryl methyl sites for hydroxylation is 1. The molecule has 2 aromatic heterocycles. The van der Waals surface area contributed by atoms with E-state index in [0.717, 1.165) is 17.0 Å². The van der Waals surface area contributed by atoms with Gasteiger partial charge in [-0.25, -0.2) is 13.8 Å². The highest BCUT2D eigenvalue weighted by Gasteiger charge is 2.24. The Morgan fingerprint density at radius 2 is 1.91 bits per heavy atom. The molecule has 4 rings (SSSR count). The quantitative estimate of drug-likeness (QED) is 0.361. The number of nitrogens with zero attached hydrogens (tertiary/aromatic N) is 1. The number of rotatable bonds is 4. The number of hydrogen-bond acceptors (Lipinski definition) is 3. The molecular formula is C27H23F2N3O2. The molecular weight excluding hydrogens is 436 g/mol. The highest BCUT2D eigenvalue weighted by atomic mass is 19.1. The van der Waals surface area contributed by atoms with Gasteiger partial charge >= 0.3 is 0 Å². The third-order valence-corrected chi connectivity index (χ3v) is 5.13. The molecule has 5 nitrogen and oxygen atoms in total. The Kier molecular flexibility index (Phi) is 6.08. The fourth-order valence-corrected chi connectivity index (χ4v) is 3.61. The minimum atomic E-state index is -1.69. The topological polar surface area (TPSA) is 78.0 Å². The van der Waals surface area contributed by atoms with Crippen molar-refractivity contribution in [3.05, 3.63) is 94.7 Å². The number of carbonyl (C=O) groups is 1. The Morgan fingerprint density at radius 1 is 1.15 bits per heavy atom. The summed E-state index contributed by atoms with van der Waals surface area (Å²) in [5.41, 5.74) is 0.929. The summed E-state index contributed by atoms with van der Waals surface area (Å²) < 4.78 is 27.9. The molecule has 3 N–H and O–H groups in total. The molecule has 0 saturated heterocycles. The molecule has 2 aromatic carbocycles. The molecule has 172 valence electrons. The molecule has 2 heterocycles. The molecule has 0 saturated carbocycles. The van der Waals surface area contributed by atoms with Gasteiger partial charge in [0.15, 0.2) is 5.67 Å². The minimum Gasteiger partial charge on any atom is -0.508 e. The zero-order chi connectivity index (χ0) is 24.5. The summed E-state index contributed by atoms with van der Waals surface area (Å²) in [6.45, 7) is 4.40. The van der Waals surface area contributed by atoms with E-state index >= 15 is 0 Å². The molecule has 0 fully saturated rings. The highest BCUT2D eigenvalue weighted by molar-refractivity contribution is 5.93. The Labute approximate surface area is 195 Å². The number of phenolic OH excluding ortho intramolecular Hbond substituents is 1. The van der Waals surface area contributed by atoms with Gasteiger partial charge in [0.1, 0.15) is 17.3 Å². The van der Waals surface area contributed by atoms with Crippen LogP contribution in [-0.4, -0.2) is 26.7 Å². The van der Waals surface area contributed by atoms with Crippen LogP contribution >= 0.6 is 0 Å². The van der Waals surface area contributed by atoms with Crippen molar-refractivity contribution in [1.29, 1.82) is 0 Å². The SMILES string of the molecule is Cc1cc(C#CC(C)(C)F)cc(C(=O)NC(c2cc3ccccc3[nH]2)c2cc(F)ccc2O)n1. The van der Waals surface area contributed by atoms with E-state index in [9.17, 15) is 18.7 Å². The summed E-state index contributed by atoms with van der Waals surface area (Å²) in [7, 11) is 0. The number of nitrogens with one attached hydrogen (secondary N) is 2. The van der Waals surface area contributed by atoms with Crippen molar-refractivity contribution >= 4 is 16.8 Å². The van der Waals surface area contributed by atoms with Gasteiger partial charge in [-0.05, 0) is 68.6 Å². The standard InChI is InChI=1S/C27H23F2N3O2/c1-16-12-17(10-11-27(2,3)29)13-23(30-16)26(34)32-25(20-15-19(28)8-9-24(20)33)22-14-18-6-4-5-7-21(18)31-22/h4-9,12-15,25,31,33H,1-3H3,(H,32,34). The summed E-state index contributed by atoms with van der Waals surface area (Å²) in [6.07, 6.45) is 0. The summed E-state index contributed by atoms with van der Waals surface area (Å²) in [6, 6.07) is 15.1. The van der Waals surface area contributed by atoms with Gasteiger partial charge < -0.3 is 15.4 Å². The number of hydrogen-bond donors (Lipinski definition) is 3. The second-order valence-corrected chi connectivity index (χ2v) is 8.53. The number of alkyl halides is 1. The van der Waals surface area contributed by atoms with Crippen molar-refractivity contribution in [2.24, 2.45) is 0 Å². The van der Waals surface area contributed by atoms with Crippen molar-refractivity contribution < 1.29 is 18.7 Å². The summed E-state index contributed by atoms with van der Waals surface area (Å²) in [4.78, 5) is 20.7. The molecule has 0 aliphatic heterocycles. The van der Waals surface area contributed by atoms with Gasteiger partial charge in [0.05, 0.1) is 6.04 Å². The lowest BCUT2D eigenvalue weighted by Gasteiger charge is -2.19. The zero-order valence-electron chi connectivity index (χ0n) is 18.9. The molecule has 0 spiro atoms. The second kappa shape index (κ2) is 8.99. The Balaban J connectivity index is 1.75. The minimum absolute atomic E-state index is 0.0676. The molecule has 0 aliphatic carbocycles. The highest BCUT2D eigenvalue weighted by Crippen LogP contribution is 2.31. The predicted molar refractivity (Wildman–Crippen MR) is 127 cm³/mol. The number of aromatic amines is 1. The van der Waals surface area contributed by atoms with Gasteiger partial charge in [0, 0.05) is 28.0 Å². The maximum Gasteiger partial charge on any atom is 0.270 e. The van der Waals surface area contributed by atoms with Crippen LogP contribution in [0.4, 0.5) is 8.78 Å². The van der Waals surface area contributed by atoms with E-state index in [4.69, 9.17) is 0 Å². The average Bonchev–Trinajstić information content (AvgIpc) is 3.21. The lowest BCUT2D eigenvalue weighted by atomic mass is 10.0. The van der Waals surface area contributed by atoms with E-state index in [-0.39, 0.29) is 17.0 Å². The number of carbonyl (C=O) groups excluding carboxylic acids is 1. The number of phenols is 1. The first-order chi connectivity index (χ1) is 16.1. The second-order valence-electron chi connectivity index (χ2n) is 8.53. The molecule has 0 radical (unpaired) electrons. The van der Waals surface area contributed by atoms with Crippen LogP contribution in [0, 0.1) is 24.6 Å². The maximum atomic E-state index is 14.1. The number of aromatic hydroxyl groups is 1. The molecule has 1 amide bonds. The number of pyridine rings is 1. The number of halogens is 2. The van der Waals surface area contributed by atoms with E-state index in [1.807, 2.05) is 30.3 Å². The van der Waals surface area contributed by atoms with Crippen LogP contribution in [0.15, 0.2) is 60.7 Å². The van der Waals surface area contributed by atoms with Gasteiger partial charge in [-0.1, -0.05) is 30.0 Å². The predicted octanol–water partition coefficient (Wildman–Crippen LogP) is 5.34. The number of aromatic nitrogens is 2. The average molecular weight is 459 g/mol. The van der Waals surface area contributed by atoms with Gasteiger partial charge in [0.2, 0.25) is 0 Å². The van der Waals surface area contributed by atoms with E-state index in [1.54, 1.807) is 13.0 Å². The Hall–Kier alpha value is -4.18. The fourth-order valence-electron chi connectivity index (χ4n) is 3.61. The van der Waals surface area contributed by atoms with E-state index in [0.29, 0.717) is 17.0 Å². The normalized spacial score (nSPS) is 12.1. The van der Waals surface area contributed by atoms with Gasteiger partial charge in [-0.3, -0.25) is 4.79 Å². The fraction of sp³-hybridized carbons (Fsp3) is 0.185. The van der Waals surface area contributed by atoms with Crippen LogP contribution in [0.3, 0.4) is 0 Å². The molecule has 1 atom stereocenters. The number of benzene rings is 2. The summed E-state index contributed by atoms with van der Waals surface area (Å²) in [5, 5.41) is 14.2. The Bertz CT molecular complexity index is 1410. The summed E-state index contributed by atoms with van der Waals surface area (Å²) >= 11 is 0. The van der Waals surface area contributed by atoms with Crippen molar-refractivity contribution in [2.75, 3.05) is 0 Å². The van der Waals surface area contributed by atoms with Crippen molar-refractivity contribution in [1.82, 2.24) is 15.3 Å². The van der Waals surface area contributed by atoms with Gasteiger partial charge in [-0.15, -0.1) is 0 Å². The number of amides is 1. The largest absolute Gasteiger partial charge is 0.508 e. The molecule has 0 aliphatic rings. The first kappa shape index (κ1) is 23.0. The number of para-hydroxylation sites is 1. The molecule has 1 unspecified atom stereocenters. The first-order valence-electron chi connectivity index (χ1n) is 10.7. The van der Waals surface area contributed by atoms with E-state index in [1.165, 1.54) is 32.0 Å². The van der Waals surface area contributed by atoms with Gasteiger partial charge in [0.25, 0.3) is 5.91 Å². The molecule has 4 aromatic rings. The number of fused-ring (bicyclic) bond motifs is 1.